The highest BCUT2D eigenvalue weighted by molar-refractivity contribution is 6.01. The fourth-order valence-corrected chi connectivity index (χ4v) is 5.50. The minimum Gasteiger partial charge on any atom is -0.505 e. The van der Waals surface area contributed by atoms with Crippen LogP contribution in [0.1, 0.15) is 5.69 Å². The van der Waals surface area contributed by atoms with Crippen LogP contribution in [0.3, 0.4) is 0 Å². The molecular formula is C36H29N5O. The van der Waals surface area contributed by atoms with E-state index in [1.54, 1.807) is 6.34 Å². The molecule has 7 rings (SSSR count). The van der Waals surface area contributed by atoms with Crippen molar-refractivity contribution in [2.75, 3.05) is 22.5 Å². The summed E-state index contributed by atoms with van der Waals surface area (Å²) in [6, 6.07) is 40.1. The molecule has 0 bridgehead atoms. The van der Waals surface area contributed by atoms with Crippen LogP contribution >= 0.6 is 0 Å². The lowest BCUT2D eigenvalue weighted by molar-refractivity contribution is 0.474. The Morgan fingerprint density at radius 2 is 1.43 bits per heavy atom. The molecule has 0 unspecified atom stereocenters. The smallest absolute Gasteiger partial charge is 0.147 e. The number of fused-ring (bicyclic) bond motifs is 3. The van der Waals surface area contributed by atoms with Gasteiger partial charge in [0.15, 0.2) is 0 Å². The van der Waals surface area contributed by atoms with E-state index in [0.29, 0.717) is 0 Å². The highest BCUT2D eigenvalue weighted by Crippen LogP contribution is 2.43. The molecule has 0 saturated heterocycles. The molecular weight excluding hydrogens is 518 g/mol. The first kappa shape index (κ1) is 25.2. The average Bonchev–Trinajstić information content (AvgIpc) is 3.37. The summed E-state index contributed by atoms with van der Waals surface area (Å²) in [5.41, 5.74) is 9.04. The summed E-state index contributed by atoms with van der Waals surface area (Å²) in [7, 11) is 0. The van der Waals surface area contributed by atoms with E-state index < -0.39 is 0 Å². The number of rotatable bonds is 7. The third-order valence-corrected chi connectivity index (χ3v) is 7.44. The minimum atomic E-state index is 0.218. The van der Waals surface area contributed by atoms with E-state index in [2.05, 4.69) is 49.8 Å². The SMILES string of the molecule is Oc1c(-c2ccccc2Nc2ccccc2NC=Nc2ccccc2)cccc1-n1c2c(c3ccccc31)NCC=C2. The molecule has 42 heavy (non-hydrogen) atoms. The summed E-state index contributed by atoms with van der Waals surface area (Å²) in [5, 5.41) is 23.4. The number of aromatic hydroxyl groups is 1. The molecule has 0 atom stereocenters. The molecule has 5 aromatic carbocycles. The van der Waals surface area contributed by atoms with Crippen molar-refractivity contribution in [3.63, 3.8) is 0 Å². The van der Waals surface area contributed by atoms with Gasteiger partial charge in [-0.05, 0) is 48.5 Å². The van der Waals surface area contributed by atoms with Crippen LogP contribution < -0.4 is 16.0 Å². The zero-order valence-electron chi connectivity index (χ0n) is 22.8. The fraction of sp³-hybridized carbons (Fsp3) is 0.0278. The van der Waals surface area contributed by atoms with Crippen LogP contribution in [-0.4, -0.2) is 22.6 Å². The Morgan fingerprint density at radius 1 is 0.714 bits per heavy atom. The van der Waals surface area contributed by atoms with Gasteiger partial charge in [0.05, 0.1) is 46.0 Å². The van der Waals surface area contributed by atoms with E-state index in [1.807, 2.05) is 109 Å². The van der Waals surface area contributed by atoms with E-state index in [-0.39, 0.29) is 5.75 Å². The average molecular weight is 548 g/mol. The number of aromatic nitrogens is 1. The summed E-state index contributed by atoms with van der Waals surface area (Å²) < 4.78 is 2.13. The van der Waals surface area contributed by atoms with Crippen molar-refractivity contribution >= 4 is 51.8 Å². The zero-order chi connectivity index (χ0) is 28.3. The maximum atomic E-state index is 11.8. The lowest BCUT2D eigenvalue weighted by Gasteiger charge is -2.18. The first-order valence-corrected chi connectivity index (χ1v) is 13.9. The molecule has 204 valence electrons. The second-order valence-electron chi connectivity index (χ2n) is 10.0. The molecule has 0 spiro atoms. The number of benzene rings is 5. The molecule has 0 amide bonds. The number of nitrogens with one attached hydrogen (secondary N) is 3. The molecule has 6 aromatic rings. The third-order valence-electron chi connectivity index (χ3n) is 7.44. The minimum absolute atomic E-state index is 0.218. The van der Waals surface area contributed by atoms with Crippen LogP contribution in [0.25, 0.3) is 33.8 Å². The van der Waals surface area contributed by atoms with Gasteiger partial charge in [-0.3, -0.25) is 0 Å². The largest absolute Gasteiger partial charge is 0.505 e. The number of aliphatic imine (C=N–C) groups is 1. The Kier molecular flexibility index (Phi) is 6.62. The van der Waals surface area contributed by atoms with Crippen molar-refractivity contribution in [2.45, 2.75) is 0 Å². The van der Waals surface area contributed by atoms with Gasteiger partial charge in [0.1, 0.15) is 5.75 Å². The number of nitrogens with zero attached hydrogens (tertiary/aromatic N) is 2. The van der Waals surface area contributed by atoms with E-state index in [0.717, 1.165) is 68.4 Å². The van der Waals surface area contributed by atoms with Gasteiger partial charge in [0.25, 0.3) is 0 Å². The van der Waals surface area contributed by atoms with E-state index in [1.165, 1.54) is 0 Å². The summed E-state index contributed by atoms with van der Waals surface area (Å²) in [6.07, 6.45) is 5.93. The number of para-hydroxylation sites is 6. The van der Waals surface area contributed by atoms with Crippen LogP contribution in [0.5, 0.6) is 5.75 Å². The summed E-state index contributed by atoms with van der Waals surface area (Å²) in [5.74, 6) is 0.218. The maximum absolute atomic E-state index is 11.8. The molecule has 1 aromatic heterocycles. The predicted molar refractivity (Wildman–Crippen MR) is 176 cm³/mol. The molecule has 0 radical (unpaired) electrons. The van der Waals surface area contributed by atoms with Crippen molar-refractivity contribution in [1.29, 1.82) is 0 Å². The first-order chi connectivity index (χ1) is 20.8. The number of phenolic OH excluding ortho intramolecular Hbond substituents is 1. The van der Waals surface area contributed by atoms with E-state index in [9.17, 15) is 5.11 Å². The number of hydrogen-bond donors (Lipinski definition) is 4. The van der Waals surface area contributed by atoms with E-state index >= 15 is 0 Å². The fourth-order valence-electron chi connectivity index (χ4n) is 5.50. The molecule has 4 N–H and O–H groups in total. The molecule has 0 aliphatic carbocycles. The van der Waals surface area contributed by atoms with Crippen molar-refractivity contribution < 1.29 is 5.11 Å². The quantitative estimate of drug-likeness (QED) is 0.119. The topological polar surface area (TPSA) is 73.6 Å². The van der Waals surface area contributed by atoms with Crippen LogP contribution in [0.15, 0.2) is 132 Å². The molecule has 0 fully saturated rings. The summed E-state index contributed by atoms with van der Waals surface area (Å²) in [4.78, 5) is 4.50. The molecule has 0 saturated carbocycles. The third kappa shape index (κ3) is 4.65. The van der Waals surface area contributed by atoms with Crippen LogP contribution in [0.2, 0.25) is 0 Å². The highest BCUT2D eigenvalue weighted by atomic mass is 16.3. The number of anilines is 4. The Balaban J connectivity index is 1.26. The van der Waals surface area contributed by atoms with Crippen LogP contribution in [-0.2, 0) is 0 Å². The van der Waals surface area contributed by atoms with Gasteiger partial charge >= 0.3 is 0 Å². The lowest BCUT2D eigenvalue weighted by Crippen LogP contribution is -2.06. The van der Waals surface area contributed by atoms with Gasteiger partial charge in [0, 0.05) is 28.7 Å². The molecule has 2 heterocycles. The highest BCUT2D eigenvalue weighted by Gasteiger charge is 2.21. The van der Waals surface area contributed by atoms with Gasteiger partial charge < -0.3 is 25.6 Å². The summed E-state index contributed by atoms with van der Waals surface area (Å²) >= 11 is 0. The Bertz CT molecular complexity index is 1960. The van der Waals surface area contributed by atoms with Crippen molar-refractivity contribution in [3.8, 4) is 22.6 Å². The Labute approximate surface area is 244 Å². The first-order valence-electron chi connectivity index (χ1n) is 13.9. The zero-order valence-corrected chi connectivity index (χ0v) is 22.8. The van der Waals surface area contributed by atoms with Crippen molar-refractivity contribution in [3.05, 3.63) is 133 Å². The molecule has 6 nitrogen and oxygen atoms in total. The van der Waals surface area contributed by atoms with Gasteiger partial charge in [-0.25, -0.2) is 4.99 Å². The summed E-state index contributed by atoms with van der Waals surface area (Å²) in [6.45, 7) is 0.778. The van der Waals surface area contributed by atoms with Gasteiger partial charge in [0.2, 0.25) is 0 Å². The molecule has 1 aliphatic heterocycles. The number of phenols is 1. The Morgan fingerprint density at radius 3 is 2.31 bits per heavy atom. The second kappa shape index (κ2) is 11.0. The normalized spacial score (nSPS) is 12.3. The second-order valence-corrected chi connectivity index (χ2v) is 10.0. The maximum Gasteiger partial charge on any atom is 0.147 e. The van der Waals surface area contributed by atoms with Crippen LogP contribution in [0, 0.1) is 0 Å². The van der Waals surface area contributed by atoms with Gasteiger partial charge in [-0.2, -0.15) is 0 Å². The molecule has 1 aliphatic rings. The van der Waals surface area contributed by atoms with Gasteiger partial charge in [-0.1, -0.05) is 84.9 Å². The standard InChI is InChI=1S/C36H29N5O/c42-36-27(16-10-21-34(36)41-32-20-9-5-15-28(32)35-33(41)22-11-23-37-35)26-14-4-6-17-29(26)40-31-19-8-7-18-30(31)39-24-38-25-12-2-1-3-13-25/h1-22,24,37,40,42H,23H2,(H,38,39). The van der Waals surface area contributed by atoms with Crippen molar-refractivity contribution in [2.24, 2.45) is 4.99 Å². The predicted octanol–water partition coefficient (Wildman–Crippen LogP) is 8.96. The number of hydrogen-bond acceptors (Lipinski definition) is 4. The lowest BCUT2D eigenvalue weighted by atomic mass is 10.0. The molecule has 6 heteroatoms. The van der Waals surface area contributed by atoms with Gasteiger partial charge in [-0.15, -0.1) is 0 Å². The van der Waals surface area contributed by atoms with E-state index in [4.69, 9.17) is 0 Å². The Hall–Kier alpha value is -5.75. The van der Waals surface area contributed by atoms with Crippen LogP contribution in [0.4, 0.5) is 28.4 Å². The monoisotopic (exact) mass is 547 g/mol. The van der Waals surface area contributed by atoms with Crippen molar-refractivity contribution in [1.82, 2.24) is 4.57 Å².